The zero-order chi connectivity index (χ0) is 15.4. The third-order valence-electron chi connectivity index (χ3n) is 4.39. The average Bonchev–Trinajstić information content (AvgIpc) is 2.56. The highest BCUT2D eigenvalue weighted by molar-refractivity contribution is 5.38. The summed E-state index contributed by atoms with van der Waals surface area (Å²) < 4.78 is 0. The van der Waals surface area contributed by atoms with Gasteiger partial charge < -0.3 is 0 Å². The van der Waals surface area contributed by atoms with E-state index in [9.17, 15) is 0 Å². The molecule has 110 valence electrons. The summed E-state index contributed by atoms with van der Waals surface area (Å²) >= 11 is 0. The van der Waals surface area contributed by atoms with Gasteiger partial charge in [-0.3, -0.25) is 0 Å². The fourth-order valence-electron chi connectivity index (χ4n) is 3.01. The number of benzene rings is 3. The van der Waals surface area contributed by atoms with E-state index in [1.165, 1.54) is 27.8 Å². The molecule has 0 saturated carbocycles. The van der Waals surface area contributed by atoms with Crippen LogP contribution >= 0.6 is 0 Å². The van der Waals surface area contributed by atoms with Crippen molar-refractivity contribution in [3.05, 3.63) is 107 Å². The molecule has 0 amide bonds. The lowest BCUT2D eigenvalue weighted by atomic mass is 9.89. The Labute approximate surface area is 133 Å². The average molecular weight is 286 g/mol. The highest BCUT2D eigenvalue weighted by Gasteiger charge is 2.10. The largest absolute Gasteiger partial charge is 0.0622 e. The molecule has 0 aromatic heterocycles. The molecule has 3 aromatic rings. The van der Waals surface area contributed by atoms with Crippen LogP contribution in [0.4, 0.5) is 0 Å². The molecule has 0 spiro atoms. The van der Waals surface area contributed by atoms with Crippen LogP contribution in [0.3, 0.4) is 0 Å². The quantitative estimate of drug-likeness (QED) is 0.574. The van der Waals surface area contributed by atoms with Crippen LogP contribution in [0.1, 0.15) is 40.7 Å². The summed E-state index contributed by atoms with van der Waals surface area (Å²) in [5, 5.41) is 0. The van der Waals surface area contributed by atoms with Crippen molar-refractivity contribution in [2.45, 2.75) is 26.2 Å². The standard InChI is InChI=1S/C22H22/c1-17-8-6-7-11-22(17)18(2)21-14-12-20(13-15-21)16-19-9-4-3-5-10-19/h3-15,18H,16H2,1-2H3. The minimum absolute atomic E-state index is 0.437. The van der Waals surface area contributed by atoms with Crippen molar-refractivity contribution in [1.82, 2.24) is 0 Å². The maximum Gasteiger partial charge on any atom is 0.00636 e. The molecule has 0 radical (unpaired) electrons. The van der Waals surface area contributed by atoms with Crippen LogP contribution in [-0.2, 0) is 6.42 Å². The molecule has 3 rings (SSSR count). The molecular formula is C22H22. The van der Waals surface area contributed by atoms with Crippen LogP contribution < -0.4 is 0 Å². The Kier molecular flexibility index (Phi) is 4.39. The van der Waals surface area contributed by atoms with Gasteiger partial charge >= 0.3 is 0 Å². The second kappa shape index (κ2) is 6.62. The zero-order valence-corrected chi connectivity index (χ0v) is 13.3. The van der Waals surface area contributed by atoms with Crippen LogP contribution in [0.2, 0.25) is 0 Å². The topological polar surface area (TPSA) is 0 Å². The van der Waals surface area contributed by atoms with E-state index in [0.29, 0.717) is 5.92 Å². The van der Waals surface area contributed by atoms with E-state index < -0.39 is 0 Å². The lowest BCUT2D eigenvalue weighted by Gasteiger charge is -2.15. The fourth-order valence-corrected chi connectivity index (χ4v) is 3.01. The Morgan fingerprint density at radius 3 is 1.95 bits per heavy atom. The van der Waals surface area contributed by atoms with Crippen molar-refractivity contribution in [2.75, 3.05) is 0 Å². The molecule has 0 aliphatic heterocycles. The number of rotatable bonds is 4. The van der Waals surface area contributed by atoms with E-state index in [2.05, 4.69) is 92.7 Å². The van der Waals surface area contributed by atoms with Crippen molar-refractivity contribution in [3.63, 3.8) is 0 Å². The Morgan fingerprint density at radius 1 is 0.682 bits per heavy atom. The fraction of sp³-hybridized carbons (Fsp3) is 0.182. The SMILES string of the molecule is Cc1ccccc1C(C)c1ccc(Cc2ccccc2)cc1. The van der Waals surface area contributed by atoms with Gasteiger partial charge in [0, 0.05) is 5.92 Å². The first-order valence-electron chi connectivity index (χ1n) is 7.92. The monoisotopic (exact) mass is 286 g/mol. The zero-order valence-electron chi connectivity index (χ0n) is 13.3. The van der Waals surface area contributed by atoms with Gasteiger partial charge in [0.15, 0.2) is 0 Å². The first-order valence-corrected chi connectivity index (χ1v) is 7.92. The minimum atomic E-state index is 0.437. The Hall–Kier alpha value is -2.34. The second-order valence-corrected chi connectivity index (χ2v) is 5.98. The van der Waals surface area contributed by atoms with Crippen LogP contribution in [0.15, 0.2) is 78.9 Å². The first-order chi connectivity index (χ1) is 10.7. The van der Waals surface area contributed by atoms with Gasteiger partial charge in [-0.25, -0.2) is 0 Å². The molecule has 0 nitrogen and oxygen atoms in total. The molecule has 0 saturated heterocycles. The Bertz CT molecular complexity index is 724. The molecule has 1 atom stereocenters. The van der Waals surface area contributed by atoms with E-state index in [1.807, 2.05) is 0 Å². The maximum atomic E-state index is 2.29. The predicted molar refractivity (Wildman–Crippen MR) is 94.4 cm³/mol. The molecule has 22 heavy (non-hydrogen) atoms. The van der Waals surface area contributed by atoms with Crippen molar-refractivity contribution in [2.24, 2.45) is 0 Å². The second-order valence-electron chi connectivity index (χ2n) is 5.98. The van der Waals surface area contributed by atoms with E-state index >= 15 is 0 Å². The maximum absolute atomic E-state index is 2.29. The summed E-state index contributed by atoms with van der Waals surface area (Å²) in [6.45, 7) is 4.48. The molecule has 0 fully saturated rings. The molecule has 0 bridgehead atoms. The van der Waals surface area contributed by atoms with Crippen LogP contribution in [-0.4, -0.2) is 0 Å². The van der Waals surface area contributed by atoms with Gasteiger partial charge in [0.25, 0.3) is 0 Å². The van der Waals surface area contributed by atoms with E-state index in [1.54, 1.807) is 0 Å². The first kappa shape index (κ1) is 14.6. The molecule has 0 aliphatic rings. The third-order valence-corrected chi connectivity index (χ3v) is 4.39. The number of hydrogen-bond donors (Lipinski definition) is 0. The van der Waals surface area contributed by atoms with Crippen molar-refractivity contribution in [3.8, 4) is 0 Å². The van der Waals surface area contributed by atoms with Crippen molar-refractivity contribution < 1.29 is 0 Å². The van der Waals surface area contributed by atoms with Gasteiger partial charge in [-0.15, -0.1) is 0 Å². The van der Waals surface area contributed by atoms with Gasteiger partial charge in [0.2, 0.25) is 0 Å². The van der Waals surface area contributed by atoms with Crippen LogP contribution in [0.25, 0.3) is 0 Å². The lowest BCUT2D eigenvalue weighted by molar-refractivity contribution is 0.908. The number of hydrogen-bond acceptors (Lipinski definition) is 0. The van der Waals surface area contributed by atoms with Gasteiger partial charge in [0.1, 0.15) is 0 Å². The van der Waals surface area contributed by atoms with Crippen LogP contribution in [0, 0.1) is 6.92 Å². The summed E-state index contributed by atoms with van der Waals surface area (Å²) in [5.41, 5.74) is 6.89. The third kappa shape index (κ3) is 3.28. The predicted octanol–water partition coefficient (Wildman–Crippen LogP) is 5.74. The van der Waals surface area contributed by atoms with E-state index in [4.69, 9.17) is 0 Å². The van der Waals surface area contributed by atoms with Gasteiger partial charge in [-0.1, -0.05) is 85.8 Å². The summed E-state index contributed by atoms with van der Waals surface area (Å²) in [4.78, 5) is 0. The Balaban J connectivity index is 1.78. The summed E-state index contributed by atoms with van der Waals surface area (Å²) in [5.74, 6) is 0.437. The van der Waals surface area contributed by atoms with Gasteiger partial charge in [-0.05, 0) is 41.2 Å². The van der Waals surface area contributed by atoms with Gasteiger partial charge in [-0.2, -0.15) is 0 Å². The molecule has 0 heteroatoms. The smallest absolute Gasteiger partial charge is 0.00636 e. The Morgan fingerprint density at radius 2 is 1.27 bits per heavy atom. The molecule has 3 aromatic carbocycles. The molecule has 0 heterocycles. The normalized spacial score (nSPS) is 12.1. The van der Waals surface area contributed by atoms with Crippen molar-refractivity contribution >= 4 is 0 Å². The number of aryl methyl sites for hydroxylation is 1. The minimum Gasteiger partial charge on any atom is -0.0622 e. The van der Waals surface area contributed by atoms with Crippen LogP contribution in [0.5, 0.6) is 0 Å². The molecule has 0 N–H and O–H groups in total. The summed E-state index contributed by atoms with van der Waals surface area (Å²) in [6.07, 6.45) is 1.000. The molecule has 1 unspecified atom stereocenters. The van der Waals surface area contributed by atoms with E-state index in [-0.39, 0.29) is 0 Å². The summed E-state index contributed by atoms with van der Waals surface area (Å²) in [6, 6.07) is 28.4. The molecular weight excluding hydrogens is 264 g/mol. The van der Waals surface area contributed by atoms with E-state index in [0.717, 1.165) is 6.42 Å². The summed E-state index contributed by atoms with van der Waals surface area (Å²) in [7, 11) is 0. The molecule has 0 aliphatic carbocycles. The lowest BCUT2D eigenvalue weighted by Crippen LogP contribution is -1.99. The highest BCUT2D eigenvalue weighted by Crippen LogP contribution is 2.27. The van der Waals surface area contributed by atoms with Crippen molar-refractivity contribution in [1.29, 1.82) is 0 Å². The van der Waals surface area contributed by atoms with Gasteiger partial charge in [0.05, 0.1) is 0 Å². The highest BCUT2D eigenvalue weighted by atomic mass is 14.1.